The second kappa shape index (κ2) is 6.49. The zero-order chi connectivity index (χ0) is 13.3. The molecule has 2 N–H and O–H groups in total. The lowest BCUT2D eigenvalue weighted by Crippen LogP contribution is -2.50. The molecule has 2 rings (SSSR count). The zero-order valence-electron chi connectivity index (χ0n) is 10.6. The van der Waals surface area contributed by atoms with Crippen LogP contribution in [-0.2, 0) is 17.1 Å². The summed E-state index contributed by atoms with van der Waals surface area (Å²) in [5.41, 5.74) is 0. The van der Waals surface area contributed by atoms with Gasteiger partial charge in [0.15, 0.2) is 4.60 Å². The number of aryl methyl sites for hydroxylation is 1. The molecule has 10 heteroatoms. The van der Waals surface area contributed by atoms with Crippen LogP contribution >= 0.6 is 28.3 Å². The molecule has 2 atom stereocenters. The number of nitrogens with zero attached hydrogens (tertiary/aromatic N) is 3. The van der Waals surface area contributed by atoms with Crippen molar-refractivity contribution in [3.8, 4) is 0 Å². The van der Waals surface area contributed by atoms with Crippen LogP contribution < -0.4 is 10.0 Å². The molecule has 2 unspecified atom stereocenters. The number of halogens is 2. The van der Waals surface area contributed by atoms with Gasteiger partial charge in [0.25, 0.3) is 10.0 Å². The molecule has 1 fully saturated rings. The highest BCUT2D eigenvalue weighted by Gasteiger charge is 2.30. The summed E-state index contributed by atoms with van der Waals surface area (Å²) in [6.45, 7) is 3.62. The molecule has 0 aliphatic carbocycles. The van der Waals surface area contributed by atoms with Crippen LogP contribution in [0, 0.1) is 5.92 Å². The second-order valence-corrected chi connectivity index (χ2v) is 6.89. The molecule has 110 valence electrons. The molecule has 1 aliphatic rings. The van der Waals surface area contributed by atoms with Crippen molar-refractivity contribution in [3.63, 3.8) is 0 Å². The molecule has 7 nitrogen and oxygen atoms in total. The van der Waals surface area contributed by atoms with E-state index in [4.69, 9.17) is 0 Å². The maximum absolute atomic E-state index is 12.3. The molecule has 2 heterocycles. The van der Waals surface area contributed by atoms with E-state index in [1.807, 2.05) is 6.92 Å². The van der Waals surface area contributed by atoms with E-state index in [0.29, 0.717) is 12.5 Å². The number of hydrogen-bond donors (Lipinski definition) is 2. The van der Waals surface area contributed by atoms with Gasteiger partial charge in [-0.3, -0.25) is 0 Å². The molecule has 0 radical (unpaired) electrons. The molecule has 0 bridgehead atoms. The third-order valence-corrected chi connectivity index (χ3v) is 5.50. The lowest BCUT2D eigenvalue weighted by molar-refractivity contribution is 0.326. The normalized spacial score (nSPS) is 23.9. The number of sulfonamides is 1. The van der Waals surface area contributed by atoms with Crippen molar-refractivity contribution in [1.82, 2.24) is 25.0 Å². The highest BCUT2D eigenvalue weighted by molar-refractivity contribution is 9.10. The Morgan fingerprint density at radius 3 is 2.74 bits per heavy atom. The quantitative estimate of drug-likeness (QED) is 0.793. The van der Waals surface area contributed by atoms with Gasteiger partial charge < -0.3 is 5.32 Å². The van der Waals surface area contributed by atoms with Crippen LogP contribution in [0.4, 0.5) is 0 Å². The fourth-order valence-electron chi connectivity index (χ4n) is 2.01. The molecule has 1 aliphatic heterocycles. The van der Waals surface area contributed by atoms with E-state index in [1.165, 1.54) is 4.68 Å². The molecular weight excluding hydrogens is 358 g/mol. The fraction of sp³-hybridized carbons (Fsp3) is 0.778. The Morgan fingerprint density at radius 2 is 2.21 bits per heavy atom. The van der Waals surface area contributed by atoms with Crippen molar-refractivity contribution in [2.24, 2.45) is 13.0 Å². The first kappa shape index (κ1) is 16.8. The van der Waals surface area contributed by atoms with E-state index in [2.05, 4.69) is 36.3 Å². The Hall–Kier alpha value is -0.220. The third-order valence-electron chi connectivity index (χ3n) is 3.13. The zero-order valence-corrected chi connectivity index (χ0v) is 13.8. The van der Waals surface area contributed by atoms with Gasteiger partial charge in [0.05, 0.1) is 0 Å². The van der Waals surface area contributed by atoms with Gasteiger partial charge in [0.1, 0.15) is 0 Å². The Balaban J connectivity index is 0.00000180. The lowest BCUT2D eigenvalue weighted by atomic mass is 9.96. The Labute approximate surface area is 127 Å². The van der Waals surface area contributed by atoms with E-state index in [-0.39, 0.29) is 28.1 Å². The van der Waals surface area contributed by atoms with Gasteiger partial charge in [-0.2, -0.15) is 0 Å². The van der Waals surface area contributed by atoms with Gasteiger partial charge in [-0.05, 0) is 34.8 Å². The molecule has 19 heavy (non-hydrogen) atoms. The number of nitrogens with one attached hydrogen (secondary N) is 2. The predicted molar refractivity (Wildman–Crippen MR) is 76.7 cm³/mol. The van der Waals surface area contributed by atoms with Crippen molar-refractivity contribution in [2.75, 3.05) is 13.1 Å². The fourth-order valence-corrected chi connectivity index (χ4v) is 4.45. The van der Waals surface area contributed by atoms with Crippen molar-refractivity contribution < 1.29 is 8.42 Å². The molecule has 0 spiro atoms. The van der Waals surface area contributed by atoms with Gasteiger partial charge in [-0.15, -0.1) is 17.5 Å². The van der Waals surface area contributed by atoms with Crippen molar-refractivity contribution in [3.05, 3.63) is 4.60 Å². The summed E-state index contributed by atoms with van der Waals surface area (Å²) >= 11 is 3.10. The summed E-state index contributed by atoms with van der Waals surface area (Å²) in [6.07, 6.45) is 0.956. The maximum atomic E-state index is 12.3. The number of piperidine rings is 1. The highest BCUT2D eigenvalue weighted by Crippen LogP contribution is 2.20. The van der Waals surface area contributed by atoms with E-state index in [9.17, 15) is 8.42 Å². The molecule has 1 saturated heterocycles. The summed E-state index contributed by atoms with van der Waals surface area (Å²) in [6, 6.07) is -0.106. The van der Waals surface area contributed by atoms with Crippen molar-refractivity contribution >= 4 is 38.4 Å². The standard InChI is InChI=1S/C9H16BrN5O2S.ClH/c1-6-3-4-11-5-7(6)13-18(16,17)9-8(10)12-14-15(9)2;/h6-7,11,13H,3-5H2,1-2H3;1H. The summed E-state index contributed by atoms with van der Waals surface area (Å²) in [5, 5.41) is 10.6. The largest absolute Gasteiger partial charge is 0.315 e. The van der Waals surface area contributed by atoms with Gasteiger partial charge >= 0.3 is 0 Å². The second-order valence-electron chi connectivity index (χ2n) is 4.51. The summed E-state index contributed by atoms with van der Waals surface area (Å²) in [5.74, 6) is 0.306. The van der Waals surface area contributed by atoms with E-state index in [1.54, 1.807) is 7.05 Å². The lowest BCUT2D eigenvalue weighted by Gasteiger charge is -2.29. The number of rotatable bonds is 3. The molecule has 0 amide bonds. The Morgan fingerprint density at radius 1 is 1.53 bits per heavy atom. The van der Waals surface area contributed by atoms with Crippen LogP contribution in [0.1, 0.15) is 13.3 Å². The first-order valence-corrected chi connectivity index (χ1v) is 7.97. The first-order valence-electron chi connectivity index (χ1n) is 5.70. The first-order chi connectivity index (χ1) is 8.42. The van der Waals surface area contributed by atoms with E-state index >= 15 is 0 Å². The highest BCUT2D eigenvalue weighted by atomic mass is 79.9. The molecule has 1 aromatic rings. The maximum Gasteiger partial charge on any atom is 0.260 e. The van der Waals surface area contributed by atoms with E-state index < -0.39 is 10.0 Å². The van der Waals surface area contributed by atoms with Gasteiger partial charge in [0.2, 0.25) is 5.03 Å². The molecule has 0 saturated carbocycles. The van der Waals surface area contributed by atoms with Gasteiger partial charge in [0, 0.05) is 19.6 Å². The van der Waals surface area contributed by atoms with Crippen molar-refractivity contribution in [1.29, 1.82) is 0 Å². The van der Waals surface area contributed by atoms with Gasteiger partial charge in [-0.25, -0.2) is 17.8 Å². The summed E-state index contributed by atoms with van der Waals surface area (Å²) in [4.78, 5) is 0. The van der Waals surface area contributed by atoms with Crippen LogP contribution in [0.25, 0.3) is 0 Å². The summed E-state index contributed by atoms with van der Waals surface area (Å²) in [7, 11) is -2.06. The minimum atomic E-state index is -3.61. The third kappa shape index (κ3) is 3.66. The topological polar surface area (TPSA) is 88.9 Å². The number of hydrogen-bond acceptors (Lipinski definition) is 5. The van der Waals surface area contributed by atoms with E-state index in [0.717, 1.165) is 13.0 Å². The smallest absolute Gasteiger partial charge is 0.260 e. The van der Waals surface area contributed by atoms with Crippen LogP contribution in [0.2, 0.25) is 0 Å². The predicted octanol–water partition coefficient (Wildman–Crippen LogP) is 0.276. The number of aromatic nitrogens is 3. The Bertz CT molecular complexity index is 515. The average Bonchev–Trinajstić information content (AvgIpc) is 2.62. The van der Waals surface area contributed by atoms with Crippen molar-refractivity contribution in [2.45, 2.75) is 24.4 Å². The minimum Gasteiger partial charge on any atom is -0.315 e. The average molecular weight is 375 g/mol. The van der Waals surface area contributed by atoms with Gasteiger partial charge in [-0.1, -0.05) is 12.1 Å². The Kier molecular flexibility index (Phi) is 5.75. The van der Waals surface area contributed by atoms with Crippen LogP contribution in [0.5, 0.6) is 0 Å². The molecule has 0 aromatic carbocycles. The van der Waals surface area contributed by atoms with Crippen LogP contribution in [0.15, 0.2) is 9.63 Å². The summed E-state index contributed by atoms with van der Waals surface area (Å²) < 4.78 is 28.7. The van der Waals surface area contributed by atoms with Crippen LogP contribution in [0.3, 0.4) is 0 Å². The van der Waals surface area contributed by atoms with Crippen LogP contribution in [-0.4, -0.2) is 42.5 Å². The minimum absolute atomic E-state index is 0. The molecular formula is C9H17BrClN5O2S. The SMILES string of the molecule is CC1CCNCC1NS(=O)(=O)c1c(Br)nnn1C.Cl. The molecule has 1 aromatic heterocycles. The monoisotopic (exact) mass is 373 g/mol.